The van der Waals surface area contributed by atoms with E-state index >= 15 is 0 Å². The molecule has 1 aliphatic heterocycles. The minimum atomic E-state index is -4.57. The van der Waals surface area contributed by atoms with E-state index in [0.29, 0.717) is 41.6 Å². The molecular weight excluding hydrogens is 443 g/mol. The summed E-state index contributed by atoms with van der Waals surface area (Å²) < 4.78 is 43.0. The number of aromatic nitrogens is 1. The normalized spacial score (nSPS) is 14.4. The Kier molecular flexibility index (Phi) is 6.05. The molecule has 6 nitrogen and oxygen atoms in total. The van der Waals surface area contributed by atoms with Crippen molar-refractivity contribution in [2.75, 3.05) is 18.0 Å². The summed E-state index contributed by atoms with van der Waals surface area (Å²) in [6, 6.07) is 11.4. The maximum atomic E-state index is 12.8. The number of amides is 2. The van der Waals surface area contributed by atoms with Crippen LogP contribution in [0.2, 0.25) is 0 Å². The Hall–Kier alpha value is -3.14. The molecule has 0 N–H and O–H groups in total. The number of halogens is 3. The summed E-state index contributed by atoms with van der Waals surface area (Å²) in [5.74, 6) is -1.07. The fourth-order valence-electron chi connectivity index (χ4n) is 3.48. The third-order valence-electron chi connectivity index (χ3n) is 5.14. The van der Waals surface area contributed by atoms with Crippen LogP contribution >= 0.6 is 11.3 Å². The highest BCUT2D eigenvalue weighted by Gasteiger charge is 2.36. The first-order valence-electron chi connectivity index (χ1n) is 9.99. The van der Waals surface area contributed by atoms with Gasteiger partial charge in [-0.05, 0) is 31.0 Å². The Morgan fingerprint density at radius 3 is 2.59 bits per heavy atom. The van der Waals surface area contributed by atoms with Gasteiger partial charge in [-0.3, -0.25) is 9.69 Å². The van der Waals surface area contributed by atoms with Gasteiger partial charge in [0.2, 0.25) is 5.76 Å². The standard InChI is InChI=1S/C22H20F3N3O3S/c1-14-19(17(29)9-7-15-5-3-2-4-6-15)32-20(26-14)28-12-11-27(21(28)30)13-16-8-10-18(31-16)22(23,24)25/h2-6,8,10H,7,9,11-13H2,1H3. The van der Waals surface area contributed by atoms with Crippen LogP contribution in [-0.4, -0.2) is 34.8 Å². The Bertz CT molecular complexity index is 1120. The number of carbonyl (C=O) groups excluding carboxylic acids is 2. The second-order valence-corrected chi connectivity index (χ2v) is 8.42. The predicted molar refractivity (Wildman–Crippen MR) is 113 cm³/mol. The van der Waals surface area contributed by atoms with E-state index in [1.54, 1.807) is 6.92 Å². The van der Waals surface area contributed by atoms with Crippen molar-refractivity contribution < 1.29 is 27.2 Å². The molecule has 4 rings (SSSR count). The van der Waals surface area contributed by atoms with Crippen molar-refractivity contribution in [2.45, 2.75) is 32.5 Å². The first-order valence-corrected chi connectivity index (χ1v) is 10.8. The third kappa shape index (κ3) is 4.69. The van der Waals surface area contributed by atoms with Gasteiger partial charge in [-0.25, -0.2) is 9.78 Å². The molecule has 1 aromatic carbocycles. The molecule has 32 heavy (non-hydrogen) atoms. The zero-order valence-corrected chi connectivity index (χ0v) is 18.0. The average molecular weight is 463 g/mol. The van der Waals surface area contributed by atoms with Gasteiger partial charge in [0, 0.05) is 19.5 Å². The molecule has 1 fully saturated rings. The van der Waals surface area contributed by atoms with E-state index < -0.39 is 11.9 Å². The van der Waals surface area contributed by atoms with Crippen molar-refractivity contribution in [3.63, 3.8) is 0 Å². The number of benzene rings is 1. The number of carbonyl (C=O) groups is 2. The van der Waals surface area contributed by atoms with Crippen LogP contribution in [-0.2, 0) is 19.1 Å². The molecule has 0 spiro atoms. The van der Waals surface area contributed by atoms with E-state index in [1.165, 1.54) is 27.2 Å². The van der Waals surface area contributed by atoms with Gasteiger partial charge in [0.05, 0.1) is 17.1 Å². The second-order valence-electron chi connectivity index (χ2n) is 7.44. The lowest BCUT2D eigenvalue weighted by Crippen LogP contribution is -2.31. The molecule has 3 aromatic rings. The largest absolute Gasteiger partial charge is 0.455 e. The van der Waals surface area contributed by atoms with Gasteiger partial charge in [0.25, 0.3) is 0 Å². The molecule has 0 bridgehead atoms. The van der Waals surface area contributed by atoms with Crippen molar-refractivity contribution in [1.29, 1.82) is 0 Å². The first-order chi connectivity index (χ1) is 15.2. The molecule has 2 aromatic heterocycles. The molecule has 0 radical (unpaired) electrons. The van der Waals surface area contributed by atoms with Crippen molar-refractivity contribution in [2.24, 2.45) is 0 Å². The number of Topliss-reactive ketones (excluding diaryl/α,β-unsaturated/α-hetero) is 1. The number of rotatable bonds is 7. The number of nitrogens with zero attached hydrogens (tertiary/aromatic N) is 3. The van der Waals surface area contributed by atoms with Crippen LogP contribution in [0.3, 0.4) is 0 Å². The van der Waals surface area contributed by atoms with Gasteiger partial charge < -0.3 is 9.32 Å². The molecule has 0 saturated carbocycles. The summed E-state index contributed by atoms with van der Waals surface area (Å²) in [6.45, 7) is 2.31. The Morgan fingerprint density at radius 2 is 1.91 bits per heavy atom. The van der Waals surface area contributed by atoms with Crippen LogP contribution in [0.25, 0.3) is 0 Å². The van der Waals surface area contributed by atoms with Gasteiger partial charge in [0.1, 0.15) is 5.76 Å². The topological polar surface area (TPSA) is 66.7 Å². The molecule has 0 aliphatic carbocycles. The number of anilines is 1. The summed E-state index contributed by atoms with van der Waals surface area (Å²) in [6.07, 6.45) is -3.61. The Balaban J connectivity index is 1.40. The quantitative estimate of drug-likeness (QED) is 0.445. The molecule has 2 amide bonds. The van der Waals surface area contributed by atoms with Crippen molar-refractivity contribution in [3.8, 4) is 0 Å². The summed E-state index contributed by atoms with van der Waals surface area (Å²) >= 11 is 1.17. The lowest BCUT2D eigenvalue weighted by molar-refractivity contribution is -0.153. The molecule has 1 saturated heterocycles. The van der Waals surface area contributed by atoms with E-state index in [2.05, 4.69) is 4.98 Å². The number of aryl methyl sites for hydroxylation is 2. The van der Waals surface area contributed by atoms with Gasteiger partial charge >= 0.3 is 12.2 Å². The molecule has 10 heteroatoms. The highest BCUT2D eigenvalue weighted by atomic mass is 32.1. The monoisotopic (exact) mass is 463 g/mol. The van der Waals surface area contributed by atoms with E-state index in [9.17, 15) is 22.8 Å². The zero-order chi connectivity index (χ0) is 22.9. The minimum Gasteiger partial charge on any atom is -0.455 e. The van der Waals surface area contributed by atoms with Gasteiger partial charge in [0.15, 0.2) is 10.9 Å². The molecule has 3 heterocycles. The summed E-state index contributed by atoms with van der Waals surface area (Å²) in [7, 11) is 0. The van der Waals surface area contributed by atoms with E-state index in [1.807, 2.05) is 30.3 Å². The number of thiazole rings is 1. The number of hydrogen-bond donors (Lipinski definition) is 0. The number of ketones is 1. The van der Waals surface area contributed by atoms with Gasteiger partial charge in [-0.1, -0.05) is 41.7 Å². The van der Waals surface area contributed by atoms with Crippen molar-refractivity contribution >= 4 is 28.3 Å². The summed E-state index contributed by atoms with van der Waals surface area (Å²) in [5, 5.41) is 0.411. The Labute approximate surface area is 186 Å². The fraction of sp³-hybridized carbons (Fsp3) is 0.318. The van der Waals surface area contributed by atoms with Crippen LogP contribution < -0.4 is 4.90 Å². The fourth-order valence-corrected chi connectivity index (χ4v) is 4.54. The van der Waals surface area contributed by atoms with Crippen LogP contribution in [0.1, 0.15) is 38.9 Å². The predicted octanol–water partition coefficient (Wildman–Crippen LogP) is 5.32. The highest BCUT2D eigenvalue weighted by molar-refractivity contribution is 7.17. The smallest absolute Gasteiger partial charge is 0.449 e. The van der Waals surface area contributed by atoms with Gasteiger partial charge in [-0.15, -0.1) is 0 Å². The summed E-state index contributed by atoms with van der Waals surface area (Å²) in [4.78, 5) is 33.2. The zero-order valence-electron chi connectivity index (χ0n) is 17.2. The average Bonchev–Trinajstić information content (AvgIpc) is 3.47. The number of urea groups is 1. The van der Waals surface area contributed by atoms with Gasteiger partial charge in [-0.2, -0.15) is 13.2 Å². The van der Waals surface area contributed by atoms with E-state index in [4.69, 9.17) is 4.42 Å². The highest BCUT2D eigenvalue weighted by Crippen LogP contribution is 2.33. The van der Waals surface area contributed by atoms with Crippen LogP contribution in [0.15, 0.2) is 46.9 Å². The summed E-state index contributed by atoms with van der Waals surface area (Å²) in [5.41, 5.74) is 1.63. The second kappa shape index (κ2) is 8.78. The number of furan rings is 1. The SMILES string of the molecule is Cc1nc(N2CCN(Cc3ccc(C(F)(F)F)o3)C2=O)sc1C(=O)CCc1ccccc1. The van der Waals surface area contributed by atoms with Crippen LogP contribution in [0, 0.1) is 6.92 Å². The molecule has 0 unspecified atom stereocenters. The first kappa shape index (κ1) is 22.1. The van der Waals surface area contributed by atoms with E-state index in [0.717, 1.165) is 11.6 Å². The van der Waals surface area contributed by atoms with Crippen LogP contribution in [0.5, 0.6) is 0 Å². The maximum absolute atomic E-state index is 12.8. The molecule has 1 aliphatic rings. The van der Waals surface area contributed by atoms with Crippen LogP contribution in [0.4, 0.5) is 23.1 Å². The molecule has 168 valence electrons. The van der Waals surface area contributed by atoms with Crippen molar-refractivity contribution in [3.05, 3.63) is 70.1 Å². The number of hydrogen-bond acceptors (Lipinski definition) is 5. The lowest BCUT2D eigenvalue weighted by atomic mass is 10.1. The third-order valence-corrected chi connectivity index (χ3v) is 6.36. The Morgan fingerprint density at radius 1 is 1.16 bits per heavy atom. The minimum absolute atomic E-state index is 0.0335. The maximum Gasteiger partial charge on any atom is 0.449 e. The molecule has 0 atom stereocenters. The van der Waals surface area contributed by atoms with E-state index in [-0.39, 0.29) is 24.1 Å². The molecular formula is C22H20F3N3O3S. The lowest BCUT2D eigenvalue weighted by Gasteiger charge is -2.15. The number of alkyl halides is 3. The van der Waals surface area contributed by atoms with Crippen molar-refractivity contribution in [1.82, 2.24) is 9.88 Å².